The Morgan fingerprint density at radius 1 is 1.00 bits per heavy atom. The van der Waals surface area contributed by atoms with Gasteiger partial charge in [0, 0.05) is 55.4 Å². The van der Waals surface area contributed by atoms with Crippen molar-refractivity contribution >= 4 is 35.1 Å². The zero-order chi connectivity index (χ0) is 21.3. The van der Waals surface area contributed by atoms with Gasteiger partial charge in [0.1, 0.15) is 0 Å². The second-order valence-electron chi connectivity index (χ2n) is 6.74. The van der Waals surface area contributed by atoms with Crippen LogP contribution >= 0.6 is 11.8 Å². The summed E-state index contributed by atoms with van der Waals surface area (Å²) in [4.78, 5) is 28.8. The number of piperazine rings is 1. The molecule has 2 aromatic rings. The molecule has 1 aliphatic rings. The first kappa shape index (κ1) is 21.9. The Kier molecular flexibility index (Phi) is 7.89. The normalized spacial score (nSPS) is 14.0. The van der Waals surface area contributed by atoms with Crippen molar-refractivity contribution in [3.63, 3.8) is 0 Å². The van der Waals surface area contributed by atoms with Crippen LogP contribution in [0.3, 0.4) is 0 Å². The molecule has 0 spiro atoms. The first-order valence-corrected chi connectivity index (χ1v) is 10.6. The monoisotopic (exact) mass is 434 g/mol. The average Bonchev–Trinajstić information content (AvgIpc) is 2.74. The highest BCUT2D eigenvalue weighted by molar-refractivity contribution is 7.99. The van der Waals surface area contributed by atoms with E-state index >= 15 is 0 Å². The quantitative estimate of drug-likeness (QED) is 0.650. The van der Waals surface area contributed by atoms with Gasteiger partial charge in [-0.15, -0.1) is 0 Å². The Bertz CT molecular complexity index is 846. The van der Waals surface area contributed by atoms with Gasteiger partial charge in [-0.2, -0.15) is 8.78 Å². The number of hydrogen-bond donors (Lipinski definition) is 2. The lowest BCUT2D eigenvalue weighted by Crippen LogP contribution is -2.49. The van der Waals surface area contributed by atoms with Gasteiger partial charge in [-0.3, -0.25) is 4.79 Å². The van der Waals surface area contributed by atoms with Crippen molar-refractivity contribution in [1.82, 2.24) is 10.2 Å². The highest BCUT2D eigenvalue weighted by atomic mass is 32.2. The molecule has 1 aliphatic heterocycles. The fourth-order valence-electron chi connectivity index (χ4n) is 3.22. The van der Waals surface area contributed by atoms with E-state index in [4.69, 9.17) is 0 Å². The van der Waals surface area contributed by atoms with E-state index in [0.717, 1.165) is 18.8 Å². The molecule has 0 saturated carbocycles. The van der Waals surface area contributed by atoms with E-state index in [9.17, 15) is 18.4 Å². The summed E-state index contributed by atoms with van der Waals surface area (Å²) in [5, 5.41) is 5.23. The molecule has 6 nitrogen and oxygen atoms in total. The van der Waals surface area contributed by atoms with Gasteiger partial charge in [0.15, 0.2) is 0 Å². The molecular formula is C21H24F2N4O2S. The van der Waals surface area contributed by atoms with Gasteiger partial charge < -0.3 is 20.4 Å². The number of amides is 3. The molecular weight excluding hydrogens is 410 g/mol. The molecule has 0 atom stereocenters. The van der Waals surface area contributed by atoms with E-state index in [2.05, 4.69) is 27.7 Å². The number of carbonyl (C=O) groups excluding carboxylic acids is 2. The molecule has 0 unspecified atom stereocenters. The minimum atomic E-state index is -2.52. The van der Waals surface area contributed by atoms with Gasteiger partial charge >= 0.3 is 6.03 Å². The number of para-hydroxylation sites is 1. The number of alkyl halides is 2. The molecule has 3 rings (SSSR count). The SMILES string of the molecule is O=C(NCCC(=O)N1CCN(c2ccccc2)CC1)Nc1cccc(SC(F)F)c1. The van der Waals surface area contributed by atoms with Crippen molar-refractivity contribution in [2.45, 2.75) is 17.1 Å². The Hall–Kier alpha value is -2.81. The molecule has 1 heterocycles. The van der Waals surface area contributed by atoms with Gasteiger partial charge in [-0.25, -0.2) is 4.79 Å². The van der Waals surface area contributed by atoms with E-state index in [-0.39, 0.29) is 18.9 Å². The van der Waals surface area contributed by atoms with Gasteiger partial charge in [0.2, 0.25) is 5.91 Å². The van der Waals surface area contributed by atoms with Crippen LogP contribution < -0.4 is 15.5 Å². The highest BCUT2D eigenvalue weighted by Gasteiger charge is 2.21. The van der Waals surface area contributed by atoms with Crippen molar-refractivity contribution < 1.29 is 18.4 Å². The third-order valence-corrected chi connectivity index (χ3v) is 5.40. The lowest BCUT2D eigenvalue weighted by atomic mass is 10.2. The number of thioether (sulfide) groups is 1. The molecule has 0 bridgehead atoms. The smallest absolute Gasteiger partial charge is 0.319 e. The molecule has 0 aromatic heterocycles. The Balaban J connectivity index is 1.37. The van der Waals surface area contributed by atoms with Gasteiger partial charge in [0.25, 0.3) is 5.76 Å². The van der Waals surface area contributed by atoms with E-state index in [1.807, 2.05) is 23.1 Å². The number of hydrogen-bond acceptors (Lipinski definition) is 4. The topological polar surface area (TPSA) is 64.7 Å². The van der Waals surface area contributed by atoms with Crippen LogP contribution in [0.15, 0.2) is 59.5 Å². The van der Waals surface area contributed by atoms with Crippen LogP contribution in [0.5, 0.6) is 0 Å². The average molecular weight is 435 g/mol. The highest BCUT2D eigenvalue weighted by Crippen LogP contribution is 2.27. The summed E-state index contributed by atoms with van der Waals surface area (Å²) in [5.41, 5.74) is 1.57. The predicted molar refractivity (Wildman–Crippen MR) is 115 cm³/mol. The van der Waals surface area contributed by atoms with Crippen molar-refractivity contribution in [3.8, 4) is 0 Å². The van der Waals surface area contributed by atoms with E-state index < -0.39 is 11.8 Å². The molecule has 0 radical (unpaired) electrons. The lowest BCUT2D eigenvalue weighted by molar-refractivity contribution is -0.131. The summed E-state index contributed by atoms with van der Waals surface area (Å²) in [6.45, 7) is 3.05. The molecule has 2 aromatic carbocycles. The van der Waals surface area contributed by atoms with Gasteiger partial charge in [0.05, 0.1) is 0 Å². The third kappa shape index (κ3) is 6.62. The number of nitrogens with one attached hydrogen (secondary N) is 2. The minimum absolute atomic E-state index is 0.00153. The first-order valence-electron chi connectivity index (χ1n) is 9.69. The largest absolute Gasteiger partial charge is 0.368 e. The van der Waals surface area contributed by atoms with E-state index in [0.29, 0.717) is 35.4 Å². The van der Waals surface area contributed by atoms with Crippen LogP contribution in [0, 0.1) is 0 Å². The Morgan fingerprint density at radius 2 is 1.73 bits per heavy atom. The minimum Gasteiger partial charge on any atom is -0.368 e. The van der Waals surface area contributed by atoms with Crippen molar-refractivity contribution in [1.29, 1.82) is 0 Å². The molecule has 1 fully saturated rings. The molecule has 1 saturated heterocycles. The Morgan fingerprint density at radius 3 is 2.43 bits per heavy atom. The van der Waals surface area contributed by atoms with Crippen molar-refractivity contribution in [3.05, 3.63) is 54.6 Å². The van der Waals surface area contributed by atoms with Crippen LogP contribution in [-0.4, -0.2) is 55.3 Å². The fourth-order valence-corrected chi connectivity index (χ4v) is 3.78. The summed E-state index contributed by atoms with van der Waals surface area (Å²) in [7, 11) is 0. The van der Waals surface area contributed by atoms with Crippen LogP contribution in [0.1, 0.15) is 6.42 Å². The number of carbonyl (C=O) groups is 2. The zero-order valence-electron chi connectivity index (χ0n) is 16.4. The molecule has 9 heteroatoms. The van der Waals surface area contributed by atoms with E-state index in [1.54, 1.807) is 18.2 Å². The van der Waals surface area contributed by atoms with Crippen molar-refractivity contribution in [2.24, 2.45) is 0 Å². The summed E-state index contributed by atoms with van der Waals surface area (Å²) in [5.74, 6) is -2.52. The number of halogens is 2. The number of rotatable bonds is 7. The molecule has 30 heavy (non-hydrogen) atoms. The number of anilines is 2. The second-order valence-corrected chi connectivity index (χ2v) is 7.80. The maximum absolute atomic E-state index is 12.4. The summed E-state index contributed by atoms with van der Waals surface area (Å²) in [6, 6.07) is 15.9. The maximum atomic E-state index is 12.4. The maximum Gasteiger partial charge on any atom is 0.319 e. The molecule has 3 amide bonds. The standard InChI is InChI=1S/C21H24F2N4O2S/c22-20(23)30-18-8-4-5-16(15-18)25-21(29)24-10-9-19(28)27-13-11-26(12-14-27)17-6-2-1-3-7-17/h1-8,15,20H,9-14H2,(H2,24,25,29). The summed E-state index contributed by atoms with van der Waals surface area (Å²) in [6.07, 6.45) is 0.208. The zero-order valence-corrected chi connectivity index (χ0v) is 17.2. The third-order valence-electron chi connectivity index (χ3n) is 4.70. The molecule has 0 aliphatic carbocycles. The fraction of sp³-hybridized carbons (Fsp3) is 0.333. The summed E-state index contributed by atoms with van der Waals surface area (Å²) < 4.78 is 24.9. The Labute approximate surface area is 178 Å². The molecule has 160 valence electrons. The number of nitrogens with zero attached hydrogens (tertiary/aromatic N) is 2. The number of benzene rings is 2. The van der Waals surface area contributed by atoms with Crippen molar-refractivity contribution in [2.75, 3.05) is 42.9 Å². The van der Waals surface area contributed by atoms with Gasteiger partial charge in [-0.05, 0) is 30.3 Å². The van der Waals surface area contributed by atoms with Crippen LogP contribution in [0.2, 0.25) is 0 Å². The second kappa shape index (κ2) is 10.8. The first-order chi connectivity index (χ1) is 14.5. The number of urea groups is 1. The van der Waals surface area contributed by atoms with Crippen LogP contribution in [-0.2, 0) is 4.79 Å². The van der Waals surface area contributed by atoms with Crippen LogP contribution in [0.25, 0.3) is 0 Å². The molecule has 2 N–H and O–H groups in total. The van der Waals surface area contributed by atoms with Gasteiger partial charge in [-0.1, -0.05) is 36.0 Å². The van der Waals surface area contributed by atoms with E-state index in [1.165, 1.54) is 6.07 Å². The van der Waals surface area contributed by atoms with Crippen LogP contribution in [0.4, 0.5) is 25.0 Å². The predicted octanol–water partition coefficient (Wildman–Crippen LogP) is 3.86. The lowest BCUT2D eigenvalue weighted by Gasteiger charge is -2.36. The summed E-state index contributed by atoms with van der Waals surface area (Å²) >= 11 is 0.417.